The second-order valence-corrected chi connectivity index (χ2v) is 6.87. The number of amides is 1. The number of aryl methyl sites for hydroxylation is 1. The molecular weight excluding hydrogens is 330 g/mol. The molecule has 0 N–H and O–H groups in total. The first-order chi connectivity index (χ1) is 9.95. The number of nitrogens with zero attached hydrogens (tertiary/aromatic N) is 3. The highest BCUT2D eigenvalue weighted by Crippen LogP contribution is 2.17. The molecule has 5 heteroatoms. The molecule has 1 aromatic carbocycles. The van der Waals surface area contributed by atoms with Crippen LogP contribution in [0.5, 0.6) is 0 Å². The van der Waals surface area contributed by atoms with Gasteiger partial charge in [0.05, 0.1) is 0 Å². The van der Waals surface area contributed by atoms with Crippen molar-refractivity contribution in [3.8, 4) is 0 Å². The molecule has 0 aliphatic carbocycles. The van der Waals surface area contributed by atoms with Crippen LogP contribution in [0.1, 0.15) is 15.9 Å². The summed E-state index contributed by atoms with van der Waals surface area (Å²) in [4.78, 5) is 19.1. The first-order valence-electron chi connectivity index (χ1n) is 7.39. The maximum Gasteiger partial charge on any atom is 0.253 e. The molecule has 0 bridgehead atoms. The van der Waals surface area contributed by atoms with Crippen LogP contribution >= 0.6 is 15.9 Å². The van der Waals surface area contributed by atoms with E-state index >= 15 is 0 Å². The summed E-state index contributed by atoms with van der Waals surface area (Å²) < 4.78 is 0.968. The molecule has 1 fully saturated rings. The van der Waals surface area contributed by atoms with Gasteiger partial charge >= 0.3 is 0 Å². The number of likely N-dealkylation sites (N-methyl/N-ethyl adjacent to an activating group) is 1. The van der Waals surface area contributed by atoms with Crippen LogP contribution in [0.3, 0.4) is 0 Å². The van der Waals surface area contributed by atoms with Gasteiger partial charge in [-0.25, -0.2) is 0 Å². The van der Waals surface area contributed by atoms with E-state index < -0.39 is 0 Å². The Morgan fingerprint density at radius 3 is 2.43 bits per heavy atom. The van der Waals surface area contributed by atoms with Crippen LogP contribution < -0.4 is 0 Å². The minimum atomic E-state index is 0.145. The normalized spacial score (nSPS) is 16.5. The molecule has 1 amide bonds. The highest BCUT2D eigenvalue weighted by Gasteiger charge is 2.22. The van der Waals surface area contributed by atoms with E-state index in [0.717, 1.165) is 54.9 Å². The van der Waals surface area contributed by atoms with Crippen molar-refractivity contribution in [2.24, 2.45) is 0 Å². The second kappa shape index (κ2) is 7.38. The molecule has 0 aromatic heterocycles. The fourth-order valence-corrected chi connectivity index (χ4v) is 3.17. The third-order valence-corrected chi connectivity index (χ3v) is 4.27. The topological polar surface area (TPSA) is 26.8 Å². The van der Waals surface area contributed by atoms with E-state index in [1.807, 2.05) is 30.0 Å². The summed E-state index contributed by atoms with van der Waals surface area (Å²) in [5, 5.41) is 0. The predicted molar refractivity (Wildman–Crippen MR) is 89.8 cm³/mol. The zero-order valence-corrected chi connectivity index (χ0v) is 14.7. The van der Waals surface area contributed by atoms with Gasteiger partial charge in [0.15, 0.2) is 0 Å². The zero-order valence-electron chi connectivity index (χ0n) is 13.1. The first-order valence-corrected chi connectivity index (χ1v) is 8.18. The van der Waals surface area contributed by atoms with Crippen molar-refractivity contribution in [2.75, 3.05) is 53.4 Å². The number of halogens is 1. The fourth-order valence-electron chi connectivity index (χ4n) is 2.56. The Morgan fingerprint density at radius 2 is 1.86 bits per heavy atom. The lowest BCUT2D eigenvalue weighted by atomic mass is 10.1. The van der Waals surface area contributed by atoms with Gasteiger partial charge in [-0.15, -0.1) is 0 Å². The van der Waals surface area contributed by atoms with Crippen molar-refractivity contribution < 1.29 is 4.79 Å². The van der Waals surface area contributed by atoms with Gasteiger partial charge in [0.25, 0.3) is 5.91 Å². The highest BCUT2D eigenvalue weighted by molar-refractivity contribution is 9.10. The van der Waals surface area contributed by atoms with Gasteiger partial charge in [-0.05, 0) is 44.8 Å². The Hall–Kier alpha value is -0.910. The summed E-state index contributed by atoms with van der Waals surface area (Å²) in [6, 6.07) is 5.90. The van der Waals surface area contributed by atoms with Crippen molar-refractivity contribution in [1.82, 2.24) is 14.7 Å². The lowest BCUT2D eigenvalue weighted by Crippen LogP contribution is -2.50. The Balaban J connectivity index is 1.91. The predicted octanol–water partition coefficient (Wildman–Crippen LogP) is 2.08. The Bertz CT molecular complexity index is 476. The number of hydrogen-bond donors (Lipinski definition) is 0. The van der Waals surface area contributed by atoms with Crippen molar-refractivity contribution in [3.05, 3.63) is 33.8 Å². The standard InChI is InChI=1S/C16H24BrN3O/c1-13-10-14(12-15(17)11-13)16(21)20-8-6-19(7-9-20)5-4-18(2)3/h10-12H,4-9H2,1-3H3. The molecule has 0 unspecified atom stereocenters. The van der Waals surface area contributed by atoms with Crippen LogP contribution in [0.2, 0.25) is 0 Å². The van der Waals surface area contributed by atoms with Crippen LogP contribution in [-0.4, -0.2) is 74.0 Å². The second-order valence-electron chi connectivity index (χ2n) is 5.95. The smallest absolute Gasteiger partial charge is 0.253 e. The Kier molecular flexibility index (Phi) is 5.79. The first kappa shape index (κ1) is 16.5. The fraction of sp³-hybridized carbons (Fsp3) is 0.562. The molecular formula is C16H24BrN3O. The molecule has 0 spiro atoms. The van der Waals surface area contributed by atoms with E-state index in [-0.39, 0.29) is 5.91 Å². The minimum Gasteiger partial charge on any atom is -0.336 e. The van der Waals surface area contributed by atoms with Crippen LogP contribution in [0.25, 0.3) is 0 Å². The van der Waals surface area contributed by atoms with E-state index in [0.29, 0.717) is 0 Å². The minimum absolute atomic E-state index is 0.145. The Morgan fingerprint density at radius 1 is 1.19 bits per heavy atom. The molecule has 4 nitrogen and oxygen atoms in total. The van der Waals surface area contributed by atoms with Crippen molar-refractivity contribution in [1.29, 1.82) is 0 Å². The molecule has 2 rings (SSSR count). The van der Waals surface area contributed by atoms with Crippen LogP contribution in [0.15, 0.2) is 22.7 Å². The number of carbonyl (C=O) groups excluding carboxylic acids is 1. The van der Waals surface area contributed by atoms with Crippen LogP contribution in [-0.2, 0) is 0 Å². The number of benzene rings is 1. The lowest BCUT2D eigenvalue weighted by molar-refractivity contribution is 0.0629. The van der Waals surface area contributed by atoms with Gasteiger partial charge in [-0.1, -0.05) is 15.9 Å². The molecule has 1 aliphatic heterocycles. The monoisotopic (exact) mass is 353 g/mol. The van der Waals surface area contributed by atoms with E-state index in [1.165, 1.54) is 0 Å². The van der Waals surface area contributed by atoms with Crippen molar-refractivity contribution >= 4 is 21.8 Å². The van der Waals surface area contributed by atoms with Crippen LogP contribution in [0, 0.1) is 6.92 Å². The van der Waals surface area contributed by atoms with Gasteiger partial charge in [0.1, 0.15) is 0 Å². The molecule has 1 aliphatic rings. The lowest BCUT2D eigenvalue weighted by Gasteiger charge is -2.35. The largest absolute Gasteiger partial charge is 0.336 e. The third kappa shape index (κ3) is 4.80. The Labute approximate surface area is 135 Å². The maximum absolute atomic E-state index is 12.6. The third-order valence-electron chi connectivity index (χ3n) is 3.81. The number of carbonyl (C=O) groups is 1. The molecule has 1 aromatic rings. The van der Waals surface area contributed by atoms with Gasteiger partial charge in [-0.3, -0.25) is 9.69 Å². The summed E-state index contributed by atoms with van der Waals surface area (Å²) in [6.07, 6.45) is 0. The molecule has 0 saturated carbocycles. The quantitative estimate of drug-likeness (QED) is 0.828. The van der Waals surface area contributed by atoms with Gasteiger partial charge in [-0.2, -0.15) is 0 Å². The average molecular weight is 354 g/mol. The van der Waals surface area contributed by atoms with Gasteiger partial charge < -0.3 is 9.80 Å². The molecule has 0 atom stereocenters. The van der Waals surface area contributed by atoms with Crippen LogP contribution in [0.4, 0.5) is 0 Å². The molecule has 1 saturated heterocycles. The summed E-state index contributed by atoms with van der Waals surface area (Å²) >= 11 is 3.47. The van der Waals surface area contributed by atoms with E-state index in [1.54, 1.807) is 0 Å². The summed E-state index contributed by atoms with van der Waals surface area (Å²) in [7, 11) is 4.19. The zero-order chi connectivity index (χ0) is 15.4. The molecule has 116 valence electrons. The maximum atomic E-state index is 12.6. The summed E-state index contributed by atoms with van der Waals surface area (Å²) in [6.45, 7) is 7.72. The average Bonchev–Trinajstić information content (AvgIpc) is 2.44. The van der Waals surface area contributed by atoms with E-state index in [9.17, 15) is 4.79 Å². The van der Waals surface area contributed by atoms with E-state index in [4.69, 9.17) is 0 Å². The number of hydrogen-bond acceptors (Lipinski definition) is 3. The summed E-state index contributed by atoms with van der Waals surface area (Å²) in [5.41, 5.74) is 1.89. The molecule has 21 heavy (non-hydrogen) atoms. The van der Waals surface area contributed by atoms with Crippen molar-refractivity contribution in [2.45, 2.75) is 6.92 Å². The highest BCUT2D eigenvalue weighted by atomic mass is 79.9. The van der Waals surface area contributed by atoms with Crippen molar-refractivity contribution in [3.63, 3.8) is 0 Å². The van der Waals surface area contributed by atoms with E-state index in [2.05, 4.69) is 39.8 Å². The molecule has 1 heterocycles. The van der Waals surface area contributed by atoms with Gasteiger partial charge in [0, 0.05) is 49.3 Å². The van der Waals surface area contributed by atoms with Gasteiger partial charge in [0.2, 0.25) is 0 Å². The number of rotatable bonds is 4. The SMILES string of the molecule is Cc1cc(Br)cc(C(=O)N2CCN(CCN(C)C)CC2)c1. The number of piperazine rings is 1. The summed E-state index contributed by atoms with van der Waals surface area (Å²) in [5.74, 6) is 0.145. The molecule has 0 radical (unpaired) electrons.